The van der Waals surface area contributed by atoms with Gasteiger partial charge in [0.05, 0.1) is 10.3 Å². The van der Waals surface area contributed by atoms with E-state index < -0.39 is 15.4 Å². The summed E-state index contributed by atoms with van der Waals surface area (Å²) in [5, 5.41) is 2.81. The number of hydrogen-bond donors (Lipinski definition) is 1. The molecule has 0 spiro atoms. The maximum Gasteiger partial charge on any atom is 0.242 e. The minimum absolute atomic E-state index is 0.105. The average molecular weight is 376 g/mol. The molecule has 1 aliphatic carbocycles. The van der Waals surface area contributed by atoms with Crippen molar-refractivity contribution in [2.75, 3.05) is 19.4 Å². The summed E-state index contributed by atoms with van der Waals surface area (Å²) in [6.07, 6.45) is 2.16. The summed E-state index contributed by atoms with van der Waals surface area (Å²) in [6.45, 7) is 0. The molecule has 0 atom stereocenters. The first-order chi connectivity index (χ1) is 12.3. The molecular formula is C19H21FN2O3S. The van der Waals surface area contributed by atoms with Crippen LogP contribution in [0, 0.1) is 5.82 Å². The Hall–Kier alpha value is -2.25. The van der Waals surface area contributed by atoms with Gasteiger partial charge in [0, 0.05) is 19.8 Å². The van der Waals surface area contributed by atoms with Crippen LogP contribution in [-0.4, -0.2) is 32.7 Å². The lowest BCUT2D eigenvalue weighted by molar-refractivity contribution is -0.124. The molecule has 1 amide bonds. The number of nitrogens with zero attached hydrogens (tertiary/aromatic N) is 1. The summed E-state index contributed by atoms with van der Waals surface area (Å²) in [5.41, 5.74) is 0.289. The lowest BCUT2D eigenvalue weighted by Crippen LogP contribution is -2.46. The first-order valence-corrected chi connectivity index (χ1v) is 9.80. The number of hydrogen-bond acceptors (Lipinski definition) is 3. The molecule has 0 bridgehead atoms. The molecule has 0 aliphatic heterocycles. The van der Waals surface area contributed by atoms with Crippen molar-refractivity contribution in [3.8, 4) is 0 Å². The Morgan fingerprint density at radius 3 is 2.38 bits per heavy atom. The predicted octanol–water partition coefficient (Wildman–Crippen LogP) is 3.14. The fraction of sp³-hybridized carbons (Fsp3) is 0.316. The van der Waals surface area contributed by atoms with Crippen molar-refractivity contribution < 1.29 is 17.6 Å². The molecule has 3 rings (SSSR count). The quantitative estimate of drug-likeness (QED) is 0.872. The zero-order valence-electron chi connectivity index (χ0n) is 14.7. The number of anilines is 1. The third kappa shape index (κ3) is 3.24. The molecule has 0 radical (unpaired) electrons. The number of carbonyl (C=O) groups excluding carboxylic acids is 1. The number of carbonyl (C=O) groups is 1. The van der Waals surface area contributed by atoms with Crippen LogP contribution in [0.5, 0.6) is 0 Å². The molecular weight excluding hydrogens is 355 g/mol. The van der Waals surface area contributed by atoms with Crippen LogP contribution in [0.15, 0.2) is 53.4 Å². The van der Waals surface area contributed by atoms with Gasteiger partial charge in [0.25, 0.3) is 0 Å². The van der Waals surface area contributed by atoms with Gasteiger partial charge in [-0.1, -0.05) is 24.6 Å². The maximum atomic E-state index is 13.6. The molecule has 0 aromatic heterocycles. The summed E-state index contributed by atoms with van der Waals surface area (Å²) in [5.74, 6) is -0.616. The largest absolute Gasteiger partial charge is 0.325 e. The van der Waals surface area contributed by atoms with E-state index >= 15 is 0 Å². The molecule has 1 N–H and O–H groups in total. The monoisotopic (exact) mass is 376 g/mol. The van der Waals surface area contributed by atoms with Gasteiger partial charge >= 0.3 is 0 Å². The molecule has 7 heteroatoms. The molecule has 1 fully saturated rings. The van der Waals surface area contributed by atoms with E-state index in [1.807, 2.05) is 0 Å². The van der Waals surface area contributed by atoms with E-state index in [0.717, 1.165) is 10.7 Å². The van der Waals surface area contributed by atoms with Crippen LogP contribution >= 0.6 is 0 Å². The van der Waals surface area contributed by atoms with Crippen molar-refractivity contribution in [3.05, 3.63) is 59.9 Å². The lowest BCUT2D eigenvalue weighted by atomic mass is 9.63. The minimum Gasteiger partial charge on any atom is -0.325 e. The zero-order valence-corrected chi connectivity index (χ0v) is 15.5. The molecule has 1 aliphatic rings. The fourth-order valence-electron chi connectivity index (χ4n) is 3.16. The molecule has 2 aromatic rings. The Kier molecular flexibility index (Phi) is 4.86. The molecule has 0 unspecified atom stereocenters. The van der Waals surface area contributed by atoms with E-state index in [4.69, 9.17) is 0 Å². The van der Waals surface area contributed by atoms with Crippen molar-refractivity contribution in [1.29, 1.82) is 0 Å². The van der Waals surface area contributed by atoms with Gasteiger partial charge < -0.3 is 5.32 Å². The van der Waals surface area contributed by atoms with Crippen molar-refractivity contribution >= 4 is 21.6 Å². The van der Waals surface area contributed by atoms with Gasteiger partial charge in [-0.05, 0) is 48.7 Å². The average Bonchev–Trinajstić information content (AvgIpc) is 2.54. The number of benzene rings is 2. The van der Waals surface area contributed by atoms with Crippen LogP contribution in [0.25, 0.3) is 0 Å². The van der Waals surface area contributed by atoms with E-state index in [0.29, 0.717) is 24.1 Å². The lowest BCUT2D eigenvalue weighted by Gasteiger charge is -2.40. The van der Waals surface area contributed by atoms with Crippen LogP contribution in [0.2, 0.25) is 0 Å². The number of amides is 1. The predicted molar refractivity (Wildman–Crippen MR) is 97.9 cm³/mol. The number of nitrogens with one attached hydrogen (secondary N) is 1. The maximum absolute atomic E-state index is 13.6. The van der Waals surface area contributed by atoms with Crippen molar-refractivity contribution in [1.82, 2.24) is 4.31 Å². The van der Waals surface area contributed by atoms with Gasteiger partial charge in [-0.25, -0.2) is 17.1 Å². The first kappa shape index (κ1) is 18.5. The Labute approximate surface area is 152 Å². The molecule has 5 nitrogen and oxygen atoms in total. The second-order valence-corrected chi connectivity index (χ2v) is 8.87. The molecule has 2 aromatic carbocycles. The van der Waals surface area contributed by atoms with E-state index in [1.54, 1.807) is 24.3 Å². The van der Waals surface area contributed by atoms with Crippen molar-refractivity contribution in [3.63, 3.8) is 0 Å². The van der Waals surface area contributed by atoms with E-state index in [2.05, 4.69) is 5.32 Å². The van der Waals surface area contributed by atoms with Gasteiger partial charge in [0.2, 0.25) is 15.9 Å². The van der Waals surface area contributed by atoms with E-state index in [9.17, 15) is 17.6 Å². The summed E-state index contributed by atoms with van der Waals surface area (Å²) < 4.78 is 39.3. The Morgan fingerprint density at radius 1 is 1.12 bits per heavy atom. The SMILES string of the molecule is CN(C)S(=O)(=O)c1cccc(NC(=O)C2(c3cccc(F)c3)CCC2)c1. The normalized spacial score (nSPS) is 16.2. The van der Waals surface area contributed by atoms with Crippen LogP contribution in [0.4, 0.5) is 10.1 Å². The minimum atomic E-state index is -3.59. The van der Waals surface area contributed by atoms with Gasteiger partial charge in [0.1, 0.15) is 5.82 Å². The second kappa shape index (κ2) is 6.81. The third-order valence-electron chi connectivity index (χ3n) is 4.89. The molecule has 0 saturated heterocycles. The number of halogens is 1. The summed E-state index contributed by atoms with van der Waals surface area (Å²) in [7, 11) is -0.683. The fourth-order valence-corrected chi connectivity index (χ4v) is 4.11. The Morgan fingerprint density at radius 2 is 1.81 bits per heavy atom. The van der Waals surface area contributed by atoms with Crippen LogP contribution in [0.1, 0.15) is 24.8 Å². The Balaban J connectivity index is 1.88. The van der Waals surface area contributed by atoms with Gasteiger partial charge in [0.15, 0.2) is 0 Å². The van der Waals surface area contributed by atoms with Gasteiger partial charge in [-0.3, -0.25) is 4.79 Å². The number of rotatable bonds is 5. The van der Waals surface area contributed by atoms with Crippen LogP contribution in [0.3, 0.4) is 0 Å². The highest BCUT2D eigenvalue weighted by molar-refractivity contribution is 7.89. The van der Waals surface area contributed by atoms with Crippen LogP contribution < -0.4 is 5.32 Å². The third-order valence-corrected chi connectivity index (χ3v) is 6.70. The molecule has 1 saturated carbocycles. The van der Waals surface area contributed by atoms with Gasteiger partial charge in [-0.2, -0.15) is 0 Å². The number of sulfonamides is 1. The van der Waals surface area contributed by atoms with E-state index in [-0.39, 0.29) is 16.6 Å². The molecule has 0 heterocycles. The highest BCUT2D eigenvalue weighted by Gasteiger charge is 2.45. The summed E-state index contributed by atoms with van der Waals surface area (Å²) in [6, 6.07) is 12.3. The Bertz CT molecular complexity index is 937. The van der Waals surface area contributed by atoms with Crippen LogP contribution in [-0.2, 0) is 20.2 Å². The smallest absolute Gasteiger partial charge is 0.242 e. The van der Waals surface area contributed by atoms with Crippen molar-refractivity contribution in [2.24, 2.45) is 0 Å². The standard InChI is InChI=1S/C19H21FN2O3S/c1-22(2)26(24,25)17-9-4-8-16(13-17)21-18(23)19(10-5-11-19)14-6-3-7-15(20)12-14/h3-4,6-9,12-13H,5,10-11H2,1-2H3,(H,21,23). The van der Waals surface area contributed by atoms with Crippen molar-refractivity contribution in [2.45, 2.75) is 29.6 Å². The summed E-state index contributed by atoms with van der Waals surface area (Å²) in [4.78, 5) is 13.0. The second-order valence-electron chi connectivity index (χ2n) is 6.72. The van der Waals surface area contributed by atoms with E-state index in [1.165, 1.54) is 38.4 Å². The topological polar surface area (TPSA) is 66.5 Å². The highest BCUT2D eigenvalue weighted by Crippen LogP contribution is 2.44. The first-order valence-electron chi connectivity index (χ1n) is 8.36. The summed E-state index contributed by atoms with van der Waals surface area (Å²) >= 11 is 0. The molecule has 26 heavy (non-hydrogen) atoms. The van der Waals surface area contributed by atoms with Gasteiger partial charge in [-0.15, -0.1) is 0 Å². The molecule has 138 valence electrons. The zero-order chi connectivity index (χ0) is 18.9. The highest BCUT2D eigenvalue weighted by atomic mass is 32.2.